The molecule has 0 bridgehead atoms. The maximum Gasteiger partial charge on any atom is 2.00 e. The molecule has 560 valence electrons. The Morgan fingerprint density at radius 3 is 0.760 bits per heavy atom. The van der Waals surface area contributed by atoms with Gasteiger partial charge in [0.1, 0.15) is 0 Å². The minimum absolute atomic E-state index is 0. The fraction of sp³-hybridized carbons (Fsp3) is 0.806. The van der Waals surface area contributed by atoms with Gasteiger partial charge in [-0.25, -0.2) is 4.70 Å². The summed E-state index contributed by atoms with van der Waals surface area (Å²) in [5.41, 5.74) is 21.3. The van der Waals surface area contributed by atoms with Crippen molar-refractivity contribution in [3.8, 4) is 0 Å². The zero-order chi connectivity index (χ0) is 68.6. The minimum Gasteiger partial charge on any atom is -0.493 e. The van der Waals surface area contributed by atoms with Crippen LogP contribution < -0.4 is 0 Å². The van der Waals surface area contributed by atoms with Crippen molar-refractivity contribution in [2.45, 2.75) is 485 Å². The molecule has 2 nitrogen and oxygen atoms in total. The van der Waals surface area contributed by atoms with Crippen molar-refractivity contribution >= 4 is 11.4 Å². The number of allylic oxidation sites excluding steroid dienone is 2. The Kier molecular flexibility index (Phi) is 74.1. The first kappa shape index (κ1) is 94.0. The topological polar surface area (TPSA) is 25.3 Å². The van der Waals surface area contributed by atoms with Crippen LogP contribution in [0.25, 0.3) is 16.9 Å². The molecule has 2 aromatic rings. The van der Waals surface area contributed by atoms with Crippen LogP contribution >= 0.6 is 0 Å². The van der Waals surface area contributed by atoms with Gasteiger partial charge in [-0.05, 0) is 75.3 Å². The van der Waals surface area contributed by atoms with Crippen LogP contribution in [-0.2, 0) is 22.9 Å². The minimum atomic E-state index is 0. The van der Waals surface area contributed by atoms with E-state index in [0.717, 1.165) is 67.5 Å². The normalized spacial score (nSPS) is 12.2. The summed E-state index contributed by atoms with van der Waals surface area (Å²) in [7, 11) is 0. The molecular formula is C93H168N2Ni. The Labute approximate surface area is 614 Å². The predicted octanol–water partition coefficient (Wildman–Crippen LogP) is 34.0. The van der Waals surface area contributed by atoms with Crippen molar-refractivity contribution in [3.63, 3.8) is 0 Å². The van der Waals surface area contributed by atoms with Gasteiger partial charge in [0.15, 0.2) is 0 Å². The van der Waals surface area contributed by atoms with Crippen molar-refractivity contribution < 1.29 is 21.2 Å². The fourth-order valence-electron chi connectivity index (χ4n) is 14.5. The van der Waals surface area contributed by atoms with Gasteiger partial charge in [0.2, 0.25) is 11.4 Å². The van der Waals surface area contributed by atoms with Crippen molar-refractivity contribution in [1.82, 2.24) is 0 Å². The summed E-state index contributed by atoms with van der Waals surface area (Å²) in [6.07, 6.45) is 97.1. The zero-order valence-corrected chi connectivity index (χ0v) is 67.0. The van der Waals surface area contributed by atoms with Crippen LogP contribution in [0.1, 0.15) is 493 Å². The van der Waals surface area contributed by atoms with Gasteiger partial charge in [0.25, 0.3) is 0 Å². The van der Waals surface area contributed by atoms with Gasteiger partial charge in [-0.15, -0.1) is 0 Å². The molecule has 0 N–H and O–H groups in total. The molecule has 0 aromatic heterocycles. The van der Waals surface area contributed by atoms with E-state index in [-0.39, 0.29) is 16.5 Å². The van der Waals surface area contributed by atoms with Gasteiger partial charge in [0, 0.05) is 22.3 Å². The van der Waals surface area contributed by atoms with Crippen LogP contribution in [0.15, 0.2) is 59.7 Å². The molecule has 0 spiro atoms. The van der Waals surface area contributed by atoms with Gasteiger partial charge < -0.3 is 19.4 Å². The Bertz CT molecular complexity index is 1850. The second kappa shape index (κ2) is 75.7. The molecule has 1 aliphatic heterocycles. The van der Waals surface area contributed by atoms with Crippen molar-refractivity contribution in [2.24, 2.45) is 0 Å². The van der Waals surface area contributed by atoms with Crippen LogP contribution in [0.5, 0.6) is 0 Å². The summed E-state index contributed by atoms with van der Waals surface area (Å²) in [6, 6.07) is 17.5. The molecule has 0 aliphatic carbocycles. The van der Waals surface area contributed by atoms with Gasteiger partial charge in [-0.3, -0.25) is 0 Å². The molecule has 0 radical (unpaired) electrons. The first-order chi connectivity index (χ1) is 46.9. The monoisotopic (exact) mass is 1370 g/mol. The second-order valence-electron chi connectivity index (χ2n) is 30.3. The molecule has 2 aromatic carbocycles. The smallest absolute Gasteiger partial charge is 0.493 e. The van der Waals surface area contributed by atoms with E-state index in [1.807, 2.05) is 0 Å². The Morgan fingerprint density at radius 2 is 0.490 bits per heavy atom. The quantitative estimate of drug-likeness (QED) is 0.0273. The van der Waals surface area contributed by atoms with Crippen LogP contribution in [0, 0.1) is 20.8 Å². The molecular weight excluding hydrogens is 1200 g/mol. The largest absolute Gasteiger partial charge is 2.00 e. The molecule has 3 heteroatoms. The van der Waals surface area contributed by atoms with E-state index in [0.29, 0.717) is 0 Å². The summed E-state index contributed by atoms with van der Waals surface area (Å²) >= 11 is 0. The number of hydrogen-bond acceptors (Lipinski definition) is 0. The summed E-state index contributed by atoms with van der Waals surface area (Å²) in [5, 5.41) is 0. The maximum atomic E-state index is 11.7. The Balaban J connectivity index is 0.00000141. The van der Waals surface area contributed by atoms with Crippen molar-refractivity contribution in [3.05, 3.63) is 101 Å². The van der Waals surface area contributed by atoms with E-state index in [1.54, 1.807) is 0 Å². The third-order valence-electron chi connectivity index (χ3n) is 21.0. The van der Waals surface area contributed by atoms with E-state index in [4.69, 9.17) is 0 Å². The predicted molar refractivity (Wildman–Crippen MR) is 432 cm³/mol. The molecule has 0 atom stereocenters. The third kappa shape index (κ3) is 56.6. The SMILES string of the molecule is CCCCCCCCC1=C(c2ccc(C)cc2)[N+](=[N-])C(c2cccc(CCCC)c2)=C1CCCC.[CH2-]CCCCCCCCCCCCCCCCCCCCCCCCCCCCC.[CH2-]CCCCCCCCCCCCCCCCCCCCCCCCCCCCC.[Ni+2]. The maximum absolute atomic E-state index is 11.7. The van der Waals surface area contributed by atoms with E-state index in [9.17, 15) is 5.53 Å². The summed E-state index contributed by atoms with van der Waals surface area (Å²) in [6.45, 7) is 21.3. The molecule has 1 heterocycles. The number of unbranched alkanes of at least 4 members (excludes halogenated alkanes) is 61. The third-order valence-corrected chi connectivity index (χ3v) is 21.0. The standard InChI is InChI=1S/C33H46N2.2C30H61.Ni/c1-5-8-11-12-13-14-20-31-30(19-10-7-3)33(29-18-15-17-27(25-29)16-9-6-2)35(34)32(31)28-23-21-26(4)22-24-28;2*1-3-5-7-9-11-13-15-17-19-21-23-25-27-29-30-28-26-24-22-20-18-16-14-12-10-8-6-4-2;/h15,17-18,21-25H,5-14,16,19-20H2,1-4H3;2*1,3-30H2,2H3;/q;2*-1;+2. The number of benzene rings is 2. The molecule has 96 heavy (non-hydrogen) atoms. The van der Waals surface area contributed by atoms with Gasteiger partial charge in [-0.1, -0.05) is 456 Å². The zero-order valence-electron chi connectivity index (χ0n) is 66.0. The van der Waals surface area contributed by atoms with Crippen LogP contribution in [0.3, 0.4) is 0 Å². The number of rotatable bonds is 69. The van der Waals surface area contributed by atoms with E-state index in [1.165, 1.54) is 425 Å². The molecule has 0 saturated carbocycles. The van der Waals surface area contributed by atoms with E-state index >= 15 is 0 Å². The summed E-state index contributed by atoms with van der Waals surface area (Å²) in [4.78, 5) is 0. The molecule has 1 aliphatic rings. The van der Waals surface area contributed by atoms with Crippen molar-refractivity contribution in [1.29, 1.82) is 0 Å². The Hall–Kier alpha value is -1.99. The van der Waals surface area contributed by atoms with Gasteiger partial charge in [0.05, 0.1) is 0 Å². The van der Waals surface area contributed by atoms with E-state index < -0.39 is 0 Å². The molecule has 0 fully saturated rings. The van der Waals surface area contributed by atoms with Crippen LogP contribution in [0.2, 0.25) is 0 Å². The second-order valence-corrected chi connectivity index (χ2v) is 30.3. The van der Waals surface area contributed by atoms with Gasteiger partial charge >= 0.3 is 16.5 Å². The number of hydrogen-bond donors (Lipinski definition) is 0. The van der Waals surface area contributed by atoms with Crippen LogP contribution in [0.4, 0.5) is 0 Å². The average Bonchev–Trinajstić information content (AvgIpc) is 1.61. The Morgan fingerprint density at radius 1 is 0.260 bits per heavy atom. The average molecular weight is 1370 g/mol. The van der Waals surface area contributed by atoms with Crippen molar-refractivity contribution in [2.75, 3.05) is 0 Å². The van der Waals surface area contributed by atoms with E-state index in [2.05, 4.69) is 104 Å². The molecule has 0 amide bonds. The fourth-order valence-corrected chi connectivity index (χ4v) is 14.5. The number of aryl methyl sites for hydroxylation is 2. The molecule has 0 unspecified atom stereocenters. The van der Waals surface area contributed by atoms with Gasteiger partial charge in [-0.2, -0.15) is 12.8 Å². The summed E-state index contributed by atoms with van der Waals surface area (Å²) in [5.74, 6) is 0. The summed E-state index contributed by atoms with van der Waals surface area (Å²) < 4.78 is 1.53. The van der Waals surface area contributed by atoms with Crippen LogP contribution in [-0.4, -0.2) is 4.70 Å². The molecule has 3 rings (SSSR count). The first-order valence-electron chi connectivity index (χ1n) is 43.6. The molecule has 0 saturated heterocycles. The first-order valence-corrected chi connectivity index (χ1v) is 43.6. The number of nitrogens with zero attached hydrogens (tertiary/aromatic N) is 2.